The standard InChI is InChI=1S/C30H33NO8S/c1-18-12-20(37-10-5-11-40(3,34)35)14-27(36-2)30(18)23-7-4-6-22-21(23)8-9-25(22)39-28-15-26-24(16-31-28)19(17-38-26)13-29(32)33/h4,6-7,12,14-16,19,25H,5,8-11,13,17H2,1-3H3,(H,32,33). The fraction of sp³-hybridized carbons (Fsp3) is 0.400. The van der Waals surface area contributed by atoms with Crippen LogP contribution in [0.15, 0.2) is 42.6 Å². The summed E-state index contributed by atoms with van der Waals surface area (Å²) in [6, 6.07) is 11.7. The van der Waals surface area contributed by atoms with Gasteiger partial charge in [-0.1, -0.05) is 18.2 Å². The minimum Gasteiger partial charge on any atom is -0.496 e. The number of aryl methyl sites for hydroxylation is 1. The first kappa shape index (κ1) is 27.8. The van der Waals surface area contributed by atoms with Crippen molar-refractivity contribution >= 4 is 15.8 Å². The molecule has 212 valence electrons. The van der Waals surface area contributed by atoms with Crippen LogP contribution in [0.3, 0.4) is 0 Å². The zero-order valence-corrected chi connectivity index (χ0v) is 23.6. The molecule has 0 radical (unpaired) electrons. The number of pyridine rings is 1. The van der Waals surface area contributed by atoms with Crippen molar-refractivity contribution in [3.05, 3.63) is 64.8 Å². The van der Waals surface area contributed by atoms with Gasteiger partial charge in [-0.25, -0.2) is 13.4 Å². The van der Waals surface area contributed by atoms with Crippen molar-refractivity contribution in [1.29, 1.82) is 0 Å². The summed E-state index contributed by atoms with van der Waals surface area (Å²) < 4.78 is 46.4. The van der Waals surface area contributed by atoms with E-state index in [-0.39, 0.29) is 24.2 Å². The zero-order valence-electron chi connectivity index (χ0n) is 22.8. The Bertz CT molecular complexity index is 1530. The number of benzene rings is 2. The predicted molar refractivity (Wildman–Crippen MR) is 149 cm³/mol. The first-order valence-electron chi connectivity index (χ1n) is 13.3. The zero-order chi connectivity index (χ0) is 28.4. The van der Waals surface area contributed by atoms with Gasteiger partial charge in [-0.15, -0.1) is 0 Å². The molecule has 0 amide bonds. The topological polar surface area (TPSA) is 121 Å². The molecule has 9 nitrogen and oxygen atoms in total. The van der Waals surface area contributed by atoms with Crippen molar-refractivity contribution in [3.8, 4) is 34.3 Å². The third-order valence-corrected chi connectivity index (χ3v) is 8.37. The molecule has 2 heterocycles. The third kappa shape index (κ3) is 6.01. The Morgan fingerprint density at radius 3 is 2.77 bits per heavy atom. The molecule has 0 saturated heterocycles. The fourth-order valence-electron chi connectivity index (χ4n) is 5.53. The molecule has 2 aromatic carbocycles. The summed E-state index contributed by atoms with van der Waals surface area (Å²) in [6.45, 7) is 2.64. The molecule has 2 aliphatic rings. The summed E-state index contributed by atoms with van der Waals surface area (Å²) in [4.78, 5) is 15.6. The second-order valence-corrected chi connectivity index (χ2v) is 12.6. The molecule has 1 N–H and O–H groups in total. The highest BCUT2D eigenvalue weighted by Crippen LogP contribution is 2.45. The minimum atomic E-state index is -3.03. The lowest BCUT2D eigenvalue weighted by Gasteiger charge is -2.18. The molecule has 10 heteroatoms. The molecule has 0 spiro atoms. The van der Waals surface area contributed by atoms with Gasteiger partial charge >= 0.3 is 5.97 Å². The Hall–Kier alpha value is -3.79. The number of sulfone groups is 1. The van der Waals surface area contributed by atoms with Crippen LogP contribution >= 0.6 is 0 Å². The average Bonchev–Trinajstić information content (AvgIpc) is 3.49. The second-order valence-electron chi connectivity index (χ2n) is 10.3. The smallest absolute Gasteiger partial charge is 0.304 e. The lowest BCUT2D eigenvalue weighted by molar-refractivity contribution is -0.137. The van der Waals surface area contributed by atoms with Crippen LogP contribution < -0.4 is 18.9 Å². The molecule has 0 saturated carbocycles. The molecule has 40 heavy (non-hydrogen) atoms. The van der Waals surface area contributed by atoms with Crippen molar-refractivity contribution in [2.75, 3.05) is 32.3 Å². The molecular formula is C30H33NO8S. The number of hydrogen-bond donors (Lipinski definition) is 1. The monoisotopic (exact) mass is 567 g/mol. The molecule has 5 rings (SSSR count). The maximum absolute atomic E-state index is 11.4. The number of carboxylic acid groups (broad SMARTS) is 1. The first-order chi connectivity index (χ1) is 19.1. The maximum atomic E-state index is 11.4. The number of carboxylic acids is 1. The molecule has 2 atom stereocenters. The second kappa shape index (κ2) is 11.4. The lowest BCUT2D eigenvalue weighted by atomic mass is 9.92. The van der Waals surface area contributed by atoms with Gasteiger partial charge in [0.05, 0.1) is 32.5 Å². The van der Waals surface area contributed by atoms with E-state index in [1.807, 2.05) is 25.1 Å². The molecule has 0 bridgehead atoms. The van der Waals surface area contributed by atoms with Gasteiger partial charge in [0, 0.05) is 41.6 Å². The van der Waals surface area contributed by atoms with E-state index in [0.717, 1.165) is 40.7 Å². The summed E-state index contributed by atoms with van der Waals surface area (Å²) in [6.07, 6.45) is 4.74. The summed E-state index contributed by atoms with van der Waals surface area (Å²) in [7, 11) is -1.40. The van der Waals surface area contributed by atoms with Gasteiger partial charge in [0.25, 0.3) is 0 Å². The van der Waals surface area contributed by atoms with Crippen LogP contribution in [0.5, 0.6) is 23.1 Å². The first-order valence-corrected chi connectivity index (χ1v) is 15.3. The van der Waals surface area contributed by atoms with Crippen LogP contribution in [0.2, 0.25) is 0 Å². The van der Waals surface area contributed by atoms with E-state index < -0.39 is 15.8 Å². The minimum absolute atomic E-state index is 0.00677. The van der Waals surface area contributed by atoms with Gasteiger partial charge in [0.15, 0.2) is 0 Å². The number of methoxy groups -OCH3 is 1. The van der Waals surface area contributed by atoms with Gasteiger partial charge < -0.3 is 24.1 Å². The Kier molecular flexibility index (Phi) is 7.89. The number of fused-ring (bicyclic) bond motifs is 2. The highest BCUT2D eigenvalue weighted by Gasteiger charge is 2.31. The van der Waals surface area contributed by atoms with Crippen LogP contribution in [0.25, 0.3) is 11.1 Å². The number of ether oxygens (including phenoxy) is 4. The van der Waals surface area contributed by atoms with Crippen LogP contribution in [-0.2, 0) is 21.1 Å². The SMILES string of the molecule is COc1cc(OCCCS(C)(=O)=O)cc(C)c1-c1cccc2c1CCC2Oc1cc2c(cn1)C(CC(=O)O)CO2. The number of nitrogens with zero attached hydrogens (tertiary/aromatic N) is 1. The van der Waals surface area contributed by atoms with Gasteiger partial charge in [-0.2, -0.15) is 0 Å². The highest BCUT2D eigenvalue weighted by molar-refractivity contribution is 7.90. The van der Waals surface area contributed by atoms with Crippen LogP contribution in [0.4, 0.5) is 0 Å². The molecule has 3 aromatic rings. The Morgan fingerprint density at radius 2 is 2.02 bits per heavy atom. The summed E-state index contributed by atoms with van der Waals surface area (Å²) in [5.41, 5.74) is 6.12. The molecule has 2 unspecified atom stereocenters. The number of aromatic nitrogens is 1. The highest BCUT2D eigenvalue weighted by atomic mass is 32.2. The van der Waals surface area contributed by atoms with Crippen molar-refractivity contribution in [2.45, 2.75) is 44.6 Å². The summed E-state index contributed by atoms with van der Waals surface area (Å²) in [5, 5.41) is 9.14. The van der Waals surface area contributed by atoms with Crippen molar-refractivity contribution < 1.29 is 37.3 Å². The number of rotatable bonds is 11. The molecule has 1 aliphatic heterocycles. The lowest BCUT2D eigenvalue weighted by Crippen LogP contribution is -2.08. The third-order valence-electron chi connectivity index (χ3n) is 7.34. The Balaban J connectivity index is 1.35. The predicted octanol–water partition coefficient (Wildman–Crippen LogP) is 4.90. The fourth-order valence-corrected chi connectivity index (χ4v) is 6.17. The van der Waals surface area contributed by atoms with Crippen LogP contribution in [0.1, 0.15) is 53.5 Å². The largest absolute Gasteiger partial charge is 0.496 e. The summed E-state index contributed by atoms with van der Waals surface area (Å²) in [5.74, 6) is 1.41. The average molecular weight is 568 g/mol. The number of carbonyl (C=O) groups is 1. The van der Waals surface area contributed by atoms with Crippen LogP contribution in [-0.4, -0.2) is 56.8 Å². The Labute approximate surface area is 234 Å². The van der Waals surface area contributed by atoms with Crippen LogP contribution in [0, 0.1) is 6.92 Å². The van der Waals surface area contributed by atoms with Gasteiger partial charge in [-0.05, 0) is 54.5 Å². The summed E-state index contributed by atoms with van der Waals surface area (Å²) >= 11 is 0. The van der Waals surface area contributed by atoms with E-state index in [1.165, 1.54) is 11.8 Å². The van der Waals surface area contributed by atoms with Gasteiger partial charge in [0.1, 0.15) is 33.2 Å². The van der Waals surface area contributed by atoms with E-state index in [9.17, 15) is 13.2 Å². The number of hydrogen-bond acceptors (Lipinski definition) is 8. The quantitative estimate of drug-likeness (QED) is 0.323. The number of aliphatic carboxylic acids is 1. The van der Waals surface area contributed by atoms with E-state index >= 15 is 0 Å². The molecule has 1 aliphatic carbocycles. The van der Waals surface area contributed by atoms with E-state index in [0.29, 0.717) is 42.8 Å². The maximum Gasteiger partial charge on any atom is 0.304 e. The van der Waals surface area contributed by atoms with Crippen molar-refractivity contribution in [2.24, 2.45) is 0 Å². The van der Waals surface area contributed by atoms with E-state index in [1.54, 1.807) is 19.4 Å². The van der Waals surface area contributed by atoms with E-state index in [2.05, 4.69) is 17.1 Å². The van der Waals surface area contributed by atoms with E-state index in [4.69, 9.17) is 24.1 Å². The van der Waals surface area contributed by atoms with Gasteiger partial charge in [-0.3, -0.25) is 4.79 Å². The van der Waals surface area contributed by atoms with Gasteiger partial charge in [0.2, 0.25) is 5.88 Å². The molecule has 1 aromatic heterocycles. The normalized spacial score (nSPS) is 17.6. The van der Waals surface area contributed by atoms with Crippen molar-refractivity contribution in [1.82, 2.24) is 4.98 Å². The Morgan fingerprint density at radius 1 is 1.20 bits per heavy atom. The van der Waals surface area contributed by atoms with Crippen molar-refractivity contribution in [3.63, 3.8) is 0 Å². The molecule has 0 fully saturated rings. The molecular weight excluding hydrogens is 534 g/mol.